The molecule has 0 saturated heterocycles. The van der Waals surface area contributed by atoms with Gasteiger partial charge < -0.3 is 20.1 Å². The molecule has 0 heterocycles. The molecule has 180 valence electrons. The SMILES string of the molecule is CC(OC(=O)/C=C/C(=O)OC(C)C(=O)NCCc1ccccc1)C(=O)NCCc1ccccc1. The van der Waals surface area contributed by atoms with E-state index in [0.717, 1.165) is 23.3 Å². The minimum atomic E-state index is -1.03. The van der Waals surface area contributed by atoms with Gasteiger partial charge in [0.25, 0.3) is 11.8 Å². The number of esters is 2. The van der Waals surface area contributed by atoms with Crippen LogP contribution in [-0.2, 0) is 41.5 Å². The summed E-state index contributed by atoms with van der Waals surface area (Å²) in [6.07, 6.45) is 0.955. The summed E-state index contributed by atoms with van der Waals surface area (Å²) >= 11 is 0. The zero-order valence-electron chi connectivity index (χ0n) is 19.4. The van der Waals surface area contributed by atoms with Crippen LogP contribution in [0, 0.1) is 0 Å². The lowest BCUT2D eigenvalue weighted by Gasteiger charge is -2.13. The van der Waals surface area contributed by atoms with Crippen LogP contribution in [0.15, 0.2) is 72.8 Å². The van der Waals surface area contributed by atoms with Gasteiger partial charge in [-0.05, 0) is 37.8 Å². The quantitative estimate of drug-likeness (QED) is 0.366. The third-order valence-corrected chi connectivity index (χ3v) is 4.79. The van der Waals surface area contributed by atoms with Crippen LogP contribution in [0.2, 0.25) is 0 Å². The van der Waals surface area contributed by atoms with Crippen molar-refractivity contribution in [2.75, 3.05) is 13.1 Å². The van der Waals surface area contributed by atoms with Gasteiger partial charge in [0, 0.05) is 25.2 Å². The van der Waals surface area contributed by atoms with Gasteiger partial charge >= 0.3 is 11.9 Å². The van der Waals surface area contributed by atoms with Gasteiger partial charge in [-0.3, -0.25) is 9.59 Å². The van der Waals surface area contributed by atoms with Crippen LogP contribution in [0.3, 0.4) is 0 Å². The lowest BCUT2D eigenvalue weighted by atomic mass is 10.1. The fraction of sp³-hybridized carbons (Fsp3) is 0.308. The maximum atomic E-state index is 12.1. The summed E-state index contributed by atoms with van der Waals surface area (Å²) in [4.78, 5) is 47.9. The second-order valence-corrected chi connectivity index (χ2v) is 7.54. The Bertz CT molecular complexity index is 896. The summed E-state index contributed by atoms with van der Waals surface area (Å²) in [5.74, 6) is -2.63. The summed E-state index contributed by atoms with van der Waals surface area (Å²) in [6.45, 7) is 3.67. The second-order valence-electron chi connectivity index (χ2n) is 7.54. The molecule has 2 N–H and O–H groups in total. The molecule has 2 atom stereocenters. The maximum absolute atomic E-state index is 12.1. The topological polar surface area (TPSA) is 111 Å². The zero-order chi connectivity index (χ0) is 24.8. The van der Waals surface area contributed by atoms with E-state index in [2.05, 4.69) is 10.6 Å². The number of hydrogen-bond acceptors (Lipinski definition) is 6. The highest BCUT2D eigenvalue weighted by Gasteiger charge is 2.18. The Balaban J connectivity index is 1.64. The normalized spacial score (nSPS) is 12.4. The molecule has 8 heteroatoms. The number of carbonyl (C=O) groups excluding carboxylic acids is 4. The lowest BCUT2D eigenvalue weighted by molar-refractivity contribution is -0.151. The van der Waals surface area contributed by atoms with E-state index in [4.69, 9.17) is 9.47 Å². The molecule has 0 aliphatic heterocycles. The van der Waals surface area contributed by atoms with Crippen molar-refractivity contribution in [3.63, 3.8) is 0 Å². The highest BCUT2D eigenvalue weighted by Crippen LogP contribution is 2.01. The molecule has 2 unspecified atom stereocenters. The van der Waals surface area contributed by atoms with E-state index >= 15 is 0 Å². The monoisotopic (exact) mass is 466 g/mol. The van der Waals surface area contributed by atoms with Gasteiger partial charge in [0.15, 0.2) is 12.2 Å². The average Bonchev–Trinajstić information content (AvgIpc) is 2.84. The van der Waals surface area contributed by atoms with Crippen molar-refractivity contribution in [2.24, 2.45) is 0 Å². The first-order chi connectivity index (χ1) is 16.3. The number of ether oxygens (including phenoxy) is 2. The minimum absolute atomic E-state index is 0.401. The van der Waals surface area contributed by atoms with E-state index < -0.39 is 36.0 Å². The molecule has 2 amide bonds. The maximum Gasteiger partial charge on any atom is 0.331 e. The average molecular weight is 467 g/mol. The first-order valence-corrected chi connectivity index (χ1v) is 11.1. The Morgan fingerprint density at radius 3 is 1.38 bits per heavy atom. The van der Waals surface area contributed by atoms with Crippen molar-refractivity contribution in [1.29, 1.82) is 0 Å². The molecule has 2 rings (SSSR count). The van der Waals surface area contributed by atoms with Crippen LogP contribution >= 0.6 is 0 Å². The van der Waals surface area contributed by atoms with E-state index in [1.165, 1.54) is 13.8 Å². The summed E-state index contributed by atoms with van der Waals surface area (Å²) in [5, 5.41) is 5.38. The van der Waals surface area contributed by atoms with Gasteiger partial charge in [-0.2, -0.15) is 0 Å². The van der Waals surface area contributed by atoms with Crippen molar-refractivity contribution in [3.8, 4) is 0 Å². The summed E-state index contributed by atoms with van der Waals surface area (Å²) in [5.41, 5.74) is 2.15. The van der Waals surface area contributed by atoms with Gasteiger partial charge in [-0.25, -0.2) is 9.59 Å². The standard InChI is InChI=1S/C26H30N2O6/c1-19(25(31)27-17-15-21-9-5-3-6-10-21)33-23(29)13-14-24(30)34-20(2)26(32)28-18-16-22-11-7-4-8-12-22/h3-14,19-20H,15-18H2,1-2H3,(H,27,31)(H,28,32)/b14-13+. The molecule has 0 aliphatic rings. The molecule has 0 radical (unpaired) electrons. The number of benzene rings is 2. The van der Waals surface area contributed by atoms with E-state index in [1.807, 2.05) is 60.7 Å². The van der Waals surface area contributed by atoms with E-state index in [9.17, 15) is 19.2 Å². The molecule has 0 fully saturated rings. The number of carbonyl (C=O) groups is 4. The second kappa shape index (κ2) is 14.3. The molecular formula is C26H30N2O6. The molecule has 34 heavy (non-hydrogen) atoms. The first-order valence-electron chi connectivity index (χ1n) is 11.1. The molecular weight excluding hydrogens is 436 g/mol. The molecule has 0 spiro atoms. The Morgan fingerprint density at radius 2 is 1.03 bits per heavy atom. The smallest absolute Gasteiger partial charge is 0.331 e. The van der Waals surface area contributed by atoms with Gasteiger partial charge in [0.2, 0.25) is 0 Å². The van der Waals surface area contributed by atoms with Crippen LogP contribution in [0.1, 0.15) is 25.0 Å². The third kappa shape index (κ3) is 10.1. The molecule has 8 nitrogen and oxygen atoms in total. The van der Waals surface area contributed by atoms with Gasteiger partial charge in [0.05, 0.1) is 0 Å². The fourth-order valence-corrected chi connectivity index (χ4v) is 2.91. The minimum Gasteiger partial charge on any atom is -0.449 e. The first kappa shape index (κ1) is 26.3. The molecule has 2 aromatic carbocycles. The van der Waals surface area contributed by atoms with Crippen LogP contribution in [0.4, 0.5) is 0 Å². The predicted molar refractivity (Wildman–Crippen MR) is 127 cm³/mol. The summed E-state index contributed by atoms with van der Waals surface area (Å²) in [7, 11) is 0. The summed E-state index contributed by atoms with van der Waals surface area (Å²) in [6, 6.07) is 19.3. The molecule has 0 aromatic heterocycles. The number of hydrogen-bond donors (Lipinski definition) is 2. The number of nitrogens with one attached hydrogen (secondary N) is 2. The van der Waals surface area contributed by atoms with Crippen LogP contribution < -0.4 is 10.6 Å². The fourth-order valence-electron chi connectivity index (χ4n) is 2.91. The molecule has 0 aliphatic carbocycles. The van der Waals surface area contributed by atoms with Gasteiger partial charge in [-0.1, -0.05) is 60.7 Å². The molecule has 0 saturated carbocycles. The number of amides is 2. The van der Waals surface area contributed by atoms with Crippen molar-refractivity contribution >= 4 is 23.8 Å². The Labute approximate surface area is 199 Å². The predicted octanol–water partition coefficient (Wildman–Crippen LogP) is 2.12. The van der Waals surface area contributed by atoms with Crippen LogP contribution in [0.5, 0.6) is 0 Å². The highest BCUT2D eigenvalue weighted by atomic mass is 16.6. The molecule has 0 bridgehead atoms. The van der Waals surface area contributed by atoms with Crippen LogP contribution in [0.25, 0.3) is 0 Å². The van der Waals surface area contributed by atoms with Crippen molar-refractivity contribution in [2.45, 2.75) is 38.9 Å². The van der Waals surface area contributed by atoms with Crippen LogP contribution in [-0.4, -0.2) is 49.1 Å². The Kier molecular flexibility index (Phi) is 11.0. The van der Waals surface area contributed by atoms with Gasteiger partial charge in [0.1, 0.15) is 0 Å². The van der Waals surface area contributed by atoms with Crippen molar-refractivity contribution in [1.82, 2.24) is 10.6 Å². The Hall–Kier alpha value is -3.94. The highest BCUT2D eigenvalue weighted by molar-refractivity contribution is 5.94. The van der Waals surface area contributed by atoms with E-state index in [-0.39, 0.29) is 0 Å². The zero-order valence-corrected chi connectivity index (χ0v) is 19.4. The van der Waals surface area contributed by atoms with E-state index in [1.54, 1.807) is 0 Å². The van der Waals surface area contributed by atoms with E-state index in [0.29, 0.717) is 25.9 Å². The van der Waals surface area contributed by atoms with Crippen molar-refractivity contribution in [3.05, 3.63) is 83.9 Å². The molecule has 2 aromatic rings. The van der Waals surface area contributed by atoms with Gasteiger partial charge in [-0.15, -0.1) is 0 Å². The van der Waals surface area contributed by atoms with Crippen molar-refractivity contribution < 1.29 is 28.7 Å². The Morgan fingerprint density at radius 1 is 0.676 bits per heavy atom. The lowest BCUT2D eigenvalue weighted by Crippen LogP contribution is -2.37. The largest absolute Gasteiger partial charge is 0.449 e. The third-order valence-electron chi connectivity index (χ3n) is 4.79. The number of rotatable bonds is 12. The summed E-state index contributed by atoms with van der Waals surface area (Å²) < 4.78 is 9.98.